The van der Waals surface area contributed by atoms with Gasteiger partial charge in [0, 0.05) is 5.92 Å². The Bertz CT molecular complexity index is 338. The Kier molecular flexibility index (Phi) is 5.04. The quantitative estimate of drug-likeness (QED) is 0.788. The maximum Gasteiger partial charge on any atom is 0.317 e. The summed E-state index contributed by atoms with van der Waals surface area (Å²) in [5.74, 6) is -5.89. The van der Waals surface area contributed by atoms with Crippen molar-refractivity contribution in [2.24, 2.45) is 5.92 Å². The summed E-state index contributed by atoms with van der Waals surface area (Å²) in [4.78, 5) is 20.5. The number of hydrogen-bond donors (Lipinski definition) is 1. The SMILES string of the molecule is CC(C)(O[PH](=O)O)C(=O)C(F)(F)C1CCCCC1. The molecule has 0 aromatic heterocycles. The minimum absolute atomic E-state index is 0.309. The lowest BCUT2D eigenvalue weighted by Crippen LogP contribution is -2.49. The van der Waals surface area contributed by atoms with Gasteiger partial charge in [-0.25, -0.2) is 0 Å². The monoisotopic (exact) mass is 284 g/mol. The molecule has 0 bridgehead atoms. The van der Waals surface area contributed by atoms with Crippen LogP contribution in [0.3, 0.4) is 0 Å². The maximum atomic E-state index is 14.0. The Labute approximate surface area is 106 Å². The van der Waals surface area contributed by atoms with Crippen LogP contribution < -0.4 is 0 Å². The molecule has 18 heavy (non-hydrogen) atoms. The van der Waals surface area contributed by atoms with E-state index in [0.717, 1.165) is 20.3 Å². The van der Waals surface area contributed by atoms with Crippen molar-refractivity contribution in [2.45, 2.75) is 57.5 Å². The Hall–Kier alpha value is -0.320. The first kappa shape index (κ1) is 15.7. The van der Waals surface area contributed by atoms with Crippen LogP contribution in [0.5, 0.6) is 0 Å². The van der Waals surface area contributed by atoms with Crippen molar-refractivity contribution >= 4 is 14.0 Å². The predicted molar refractivity (Wildman–Crippen MR) is 62.9 cm³/mol. The first-order valence-electron chi connectivity index (χ1n) is 6.02. The fraction of sp³-hybridized carbons (Fsp3) is 0.909. The molecule has 1 atom stereocenters. The van der Waals surface area contributed by atoms with Gasteiger partial charge in [0.05, 0.1) is 0 Å². The van der Waals surface area contributed by atoms with E-state index in [0.29, 0.717) is 25.7 Å². The van der Waals surface area contributed by atoms with Crippen molar-refractivity contribution in [2.75, 3.05) is 0 Å². The Morgan fingerprint density at radius 3 is 2.22 bits per heavy atom. The highest BCUT2D eigenvalue weighted by atomic mass is 31.1. The predicted octanol–water partition coefficient (Wildman–Crippen LogP) is 2.95. The molecule has 0 amide bonds. The minimum Gasteiger partial charge on any atom is -0.326 e. The molecule has 1 fully saturated rings. The van der Waals surface area contributed by atoms with Gasteiger partial charge in [0.2, 0.25) is 5.78 Å². The van der Waals surface area contributed by atoms with Crippen molar-refractivity contribution in [3.8, 4) is 0 Å². The third-order valence-corrected chi connectivity index (χ3v) is 3.99. The lowest BCUT2D eigenvalue weighted by molar-refractivity contribution is -0.167. The zero-order valence-electron chi connectivity index (χ0n) is 10.5. The van der Waals surface area contributed by atoms with Crippen LogP contribution in [-0.4, -0.2) is 22.2 Å². The van der Waals surface area contributed by atoms with Gasteiger partial charge in [-0.05, 0) is 26.7 Å². The van der Waals surface area contributed by atoms with E-state index in [1.165, 1.54) is 0 Å². The molecule has 7 heteroatoms. The molecule has 1 aliphatic carbocycles. The number of rotatable bonds is 5. The highest BCUT2D eigenvalue weighted by Gasteiger charge is 2.53. The number of alkyl halides is 2. The first-order valence-corrected chi connectivity index (χ1v) is 7.29. The molecule has 0 spiro atoms. The smallest absolute Gasteiger partial charge is 0.317 e. The van der Waals surface area contributed by atoms with E-state index in [-0.39, 0.29) is 0 Å². The molecule has 0 saturated heterocycles. The number of hydrogen-bond acceptors (Lipinski definition) is 3. The van der Waals surface area contributed by atoms with Crippen molar-refractivity contribution in [1.29, 1.82) is 0 Å². The molecule has 1 aliphatic rings. The van der Waals surface area contributed by atoms with E-state index >= 15 is 0 Å². The Balaban J connectivity index is 2.82. The summed E-state index contributed by atoms with van der Waals surface area (Å²) >= 11 is 0. The number of carbonyl (C=O) groups excluding carboxylic acids is 1. The van der Waals surface area contributed by atoms with E-state index in [4.69, 9.17) is 4.89 Å². The molecule has 0 heterocycles. The van der Waals surface area contributed by atoms with Crippen molar-refractivity contribution in [1.82, 2.24) is 0 Å². The molecule has 0 radical (unpaired) electrons. The van der Waals surface area contributed by atoms with E-state index in [9.17, 15) is 18.1 Å². The maximum absolute atomic E-state index is 14.0. The Morgan fingerprint density at radius 2 is 1.78 bits per heavy atom. The second kappa shape index (κ2) is 5.76. The largest absolute Gasteiger partial charge is 0.326 e. The molecule has 0 aromatic carbocycles. The topological polar surface area (TPSA) is 63.6 Å². The number of carbonyl (C=O) groups is 1. The van der Waals surface area contributed by atoms with Crippen molar-refractivity contribution in [3.63, 3.8) is 0 Å². The molecular weight excluding hydrogens is 265 g/mol. The van der Waals surface area contributed by atoms with Gasteiger partial charge in [0.1, 0.15) is 5.60 Å². The zero-order chi connectivity index (χ0) is 14.0. The fourth-order valence-corrected chi connectivity index (χ4v) is 2.85. The van der Waals surface area contributed by atoms with Crippen LogP contribution in [0.2, 0.25) is 0 Å². The second-order valence-corrected chi connectivity index (χ2v) is 5.90. The summed E-state index contributed by atoms with van der Waals surface area (Å²) in [5, 5.41) is 0. The molecule has 1 saturated carbocycles. The van der Waals surface area contributed by atoms with Gasteiger partial charge >= 0.3 is 14.2 Å². The first-order chi connectivity index (χ1) is 8.18. The van der Waals surface area contributed by atoms with Crippen molar-refractivity contribution < 1.29 is 27.6 Å². The molecule has 1 N–H and O–H groups in total. The van der Waals surface area contributed by atoms with E-state index < -0.39 is 31.5 Å². The summed E-state index contributed by atoms with van der Waals surface area (Å²) in [7, 11) is -3.43. The summed E-state index contributed by atoms with van der Waals surface area (Å²) in [6.45, 7) is 2.20. The van der Waals surface area contributed by atoms with E-state index in [1.807, 2.05) is 0 Å². The normalized spacial score (nSPS) is 20.7. The summed E-state index contributed by atoms with van der Waals surface area (Å²) in [6.07, 6.45) is 2.90. The second-order valence-electron chi connectivity index (χ2n) is 5.17. The van der Waals surface area contributed by atoms with Crippen LogP contribution in [0, 0.1) is 5.92 Å². The molecular formula is C11H19F2O4P. The highest BCUT2D eigenvalue weighted by molar-refractivity contribution is 7.32. The summed E-state index contributed by atoms with van der Waals surface area (Å²) in [6, 6.07) is 0. The average molecular weight is 284 g/mol. The van der Waals surface area contributed by atoms with Crippen molar-refractivity contribution in [3.05, 3.63) is 0 Å². The Morgan fingerprint density at radius 1 is 1.28 bits per heavy atom. The van der Waals surface area contributed by atoms with Gasteiger partial charge in [-0.3, -0.25) is 13.9 Å². The lowest BCUT2D eigenvalue weighted by atomic mass is 9.80. The van der Waals surface area contributed by atoms with Crippen LogP contribution in [0.15, 0.2) is 0 Å². The van der Waals surface area contributed by atoms with Crippen LogP contribution in [0.25, 0.3) is 0 Å². The van der Waals surface area contributed by atoms with E-state index in [2.05, 4.69) is 4.52 Å². The minimum atomic E-state index is -3.50. The molecule has 1 unspecified atom stereocenters. The molecule has 0 aromatic rings. The zero-order valence-corrected chi connectivity index (χ0v) is 11.5. The van der Waals surface area contributed by atoms with Gasteiger partial charge in [-0.15, -0.1) is 0 Å². The molecule has 106 valence electrons. The van der Waals surface area contributed by atoms with Crippen LogP contribution in [-0.2, 0) is 13.9 Å². The van der Waals surface area contributed by atoms with Crippen LogP contribution in [0.1, 0.15) is 46.0 Å². The number of Topliss-reactive ketones (excluding diaryl/α,β-unsaturated/α-hetero) is 1. The van der Waals surface area contributed by atoms with Crippen LogP contribution >= 0.6 is 8.25 Å². The van der Waals surface area contributed by atoms with E-state index in [1.54, 1.807) is 0 Å². The van der Waals surface area contributed by atoms with Gasteiger partial charge in [-0.2, -0.15) is 8.78 Å². The van der Waals surface area contributed by atoms with Gasteiger partial charge < -0.3 is 4.89 Å². The number of halogens is 2. The molecule has 1 rings (SSSR count). The average Bonchev–Trinajstić information content (AvgIpc) is 2.27. The molecule has 0 aliphatic heterocycles. The van der Waals surface area contributed by atoms with Crippen LogP contribution in [0.4, 0.5) is 8.78 Å². The number of ketones is 1. The standard InChI is InChI=1S/C11H19F2O4P/c1-10(2,17-18(15)16)9(14)11(12,13)8-6-4-3-5-7-8/h8,18H,3-7H2,1-2H3,(H,15,16). The summed E-state index contributed by atoms with van der Waals surface area (Å²) < 4.78 is 43.1. The summed E-state index contributed by atoms with van der Waals surface area (Å²) in [5.41, 5.74) is -1.94. The lowest BCUT2D eigenvalue weighted by Gasteiger charge is -2.33. The van der Waals surface area contributed by atoms with Gasteiger partial charge in [-0.1, -0.05) is 19.3 Å². The van der Waals surface area contributed by atoms with Gasteiger partial charge in [0.15, 0.2) is 0 Å². The third-order valence-electron chi connectivity index (χ3n) is 3.31. The van der Waals surface area contributed by atoms with Gasteiger partial charge in [0.25, 0.3) is 0 Å². The fourth-order valence-electron chi connectivity index (χ4n) is 2.32. The third kappa shape index (κ3) is 3.59. The molecule has 4 nitrogen and oxygen atoms in total. The highest BCUT2D eigenvalue weighted by Crippen LogP contribution is 2.41.